The van der Waals surface area contributed by atoms with Crippen molar-refractivity contribution < 1.29 is 28.7 Å². The molecule has 0 bridgehead atoms. The fourth-order valence-corrected chi connectivity index (χ4v) is 12.2. The average Bonchev–Trinajstić information content (AvgIpc) is 3.06. The molecule has 0 saturated heterocycles. The molecule has 0 heterocycles. The minimum absolute atomic E-state index is 0.0470. The monoisotopic (exact) mass is 687 g/mol. The van der Waals surface area contributed by atoms with Gasteiger partial charge in [0.2, 0.25) is 5.91 Å². The van der Waals surface area contributed by atoms with Crippen molar-refractivity contribution in [1.82, 2.24) is 5.32 Å². The van der Waals surface area contributed by atoms with E-state index in [4.69, 9.17) is 9.47 Å². The Morgan fingerprint density at radius 2 is 1.54 bits per heavy atom. The van der Waals surface area contributed by atoms with E-state index < -0.39 is 16.8 Å². The molecule has 4 fully saturated rings. The van der Waals surface area contributed by atoms with Crippen LogP contribution in [0.3, 0.4) is 0 Å². The number of hydrogen-bond donors (Lipinski definition) is 1. The van der Waals surface area contributed by atoms with E-state index in [0.29, 0.717) is 6.42 Å². The van der Waals surface area contributed by atoms with Crippen LogP contribution in [0, 0.1) is 55.7 Å². The number of carbonyl (C=O) groups excluding carboxylic acids is 4. The summed E-state index contributed by atoms with van der Waals surface area (Å²) in [7, 11) is 1.31. The number of allylic oxidation sites excluding steroid dienone is 2. The Balaban J connectivity index is 1.28. The first-order chi connectivity index (χ1) is 23.2. The molecule has 5 aliphatic rings. The van der Waals surface area contributed by atoms with Crippen LogP contribution >= 0.6 is 0 Å². The summed E-state index contributed by atoms with van der Waals surface area (Å²) in [4.78, 5) is 54.5. The number of nitrogens with one attached hydrogen (secondary N) is 1. The molecule has 0 spiro atoms. The molecule has 7 nitrogen and oxygen atoms in total. The van der Waals surface area contributed by atoms with E-state index in [0.717, 1.165) is 56.9 Å². The van der Waals surface area contributed by atoms with Gasteiger partial charge in [-0.05, 0) is 129 Å². The molecule has 0 radical (unpaired) electrons. The summed E-state index contributed by atoms with van der Waals surface area (Å²) in [5.41, 5.74) is -0.457. The second-order valence-corrected chi connectivity index (χ2v) is 19.3. The lowest BCUT2D eigenvalue weighted by Gasteiger charge is -2.70. The minimum atomic E-state index is -1.28. The Morgan fingerprint density at radius 3 is 2.20 bits per heavy atom. The first-order valence-electron chi connectivity index (χ1n) is 19.1. The van der Waals surface area contributed by atoms with Gasteiger partial charge < -0.3 is 14.8 Å². The van der Waals surface area contributed by atoms with E-state index in [1.54, 1.807) is 13.8 Å². The van der Waals surface area contributed by atoms with Gasteiger partial charge in [0.25, 0.3) is 0 Å². The predicted octanol–water partition coefficient (Wildman–Crippen LogP) is 8.39. The van der Waals surface area contributed by atoms with Crippen LogP contribution in [0.1, 0.15) is 126 Å². The average molecular weight is 688 g/mol. The molecule has 1 aromatic rings. The van der Waals surface area contributed by atoms with E-state index in [-0.39, 0.29) is 75.1 Å². The number of rotatable bonds is 6. The summed E-state index contributed by atoms with van der Waals surface area (Å²) in [6.45, 7) is 19.7. The van der Waals surface area contributed by atoms with Gasteiger partial charge in [-0.2, -0.15) is 0 Å². The maximum Gasteiger partial charge on any atom is 0.320 e. The third-order valence-electron chi connectivity index (χ3n) is 15.9. The van der Waals surface area contributed by atoms with Crippen LogP contribution in [0.5, 0.6) is 0 Å². The number of methoxy groups -OCH3 is 1. The number of carbonyl (C=O) groups is 4. The van der Waals surface area contributed by atoms with Gasteiger partial charge in [0.05, 0.1) is 12.5 Å². The van der Waals surface area contributed by atoms with Crippen molar-refractivity contribution >= 4 is 23.6 Å². The fourth-order valence-electron chi connectivity index (χ4n) is 12.2. The van der Waals surface area contributed by atoms with E-state index in [9.17, 15) is 19.2 Å². The summed E-state index contributed by atoms with van der Waals surface area (Å²) >= 11 is 0. The Labute approximate surface area is 300 Å². The first-order valence-corrected chi connectivity index (χ1v) is 19.1. The van der Waals surface area contributed by atoms with Crippen LogP contribution < -0.4 is 5.32 Å². The lowest BCUT2D eigenvalue weighted by Crippen LogP contribution is -2.68. The standard InChI is InChI=1S/C43H61NO6/c1-37(2)31-16-19-43(9)33(41(31,7)18-17-32(37)44-34(46)38(3,4)35(47)49-10)30(45)24-28-29-25-40(6,21-20-39(29,5)22-23-42(28,43)8)36(48)50-26-27-14-12-11-13-15-27/h11-15,24,29,31-33H,16-23,25-26H2,1-10H3,(H,44,46)/t29-,31?,32-,33+,39+,40-,41-,42+,43+/m0/s1. The maximum absolute atomic E-state index is 14.8. The van der Waals surface area contributed by atoms with E-state index in [1.165, 1.54) is 12.7 Å². The molecule has 50 heavy (non-hydrogen) atoms. The Bertz CT molecular complexity index is 1590. The van der Waals surface area contributed by atoms with Crippen LogP contribution in [0.4, 0.5) is 0 Å². The molecule has 274 valence electrons. The van der Waals surface area contributed by atoms with Gasteiger partial charge in [-0.15, -0.1) is 0 Å². The van der Waals surface area contributed by atoms with Crippen molar-refractivity contribution in [2.75, 3.05) is 7.11 Å². The highest BCUT2D eigenvalue weighted by atomic mass is 16.5. The topological polar surface area (TPSA) is 98.8 Å². The zero-order chi connectivity index (χ0) is 36.7. The van der Waals surface area contributed by atoms with Gasteiger partial charge in [0.15, 0.2) is 5.78 Å². The molecule has 0 aliphatic heterocycles. The fraction of sp³-hybridized carbons (Fsp3) is 0.721. The number of ketones is 1. The molecule has 4 saturated carbocycles. The number of esters is 2. The lowest BCUT2D eigenvalue weighted by molar-refractivity contribution is -0.191. The minimum Gasteiger partial charge on any atom is -0.468 e. The van der Waals surface area contributed by atoms with Crippen molar-refractivity contribution in [2.45, 2.75) is 133 Å². The van der Waals surface area contributed by atoms with Crippen molar-refractivity contribution in [2.24, 2.45) is 55.7 Å². The SMILES string of the molecule is COC(=O)C(C)(C)C(=O)N[C@H]1CC[C@@]2(C)C(CC[C@]3(C)[C@@H]2C(=O)C=C2[C@@H]4C[C@@](C)(C(=O)OCc5ccccc5)CC[C@]4(C)CC[C@]23C)C1(C)C. The third kappa shape index (κ3) is 5.33. The van der Waals surface area contributed by atoms with Crippen LogP contribution in [0.2, 0.25) is 0 Å². The van der Waals surface area contributed by atoms with E-state index in [1.807, 2.05) is 30.3 Å². The number of hydrogen-bond acceptors (Lipinski definition) is 6. The molecular weight excluding hydrogens is 626 g/mol. The number of amides is 1. The number of benzene rings is 1. The van der Waals surface area contributed by atoms with Gasteiger partial charge in [-0.1, -0.05) is 77.4 Å². The lowest BCUT2D eigenvalue weighted by atomic mass is 9.33. The largest absolute Gasteiger partial charge is 0.468 e. The number of ether oxygens (including phenoxy) is 2. The second-order valence-electron chi connectivity index (χ2n) is 19.3. The van der Waals surface area contributed by atoms with Gasteiger partial charge in [-0.3, -0.25) is 19.2 Å². The predicted molar refractivity (Wildman–Crippen MR) is 193 cm³/mol. The molecule has 1 N–H and O–H groups in total. The third-order valence-corrected chi connectivity index (χ3v) is 15.9. The first kappa shape index (κ1) is 36.8. The zero-order valence-corrected chi connectivity index (χ0v) is 32.3. The molecule has 5 aliphatic carbocycles. The molecule has 1 unspecified atom stereocenters. The highest BCUT2D eigenvalue weighted by Crippen LogP contribution is 2.75. The van der Waals surface area contributed by atoms with Crippen molar-refractivity contribution in [3.8, 4) is 0 Å². The van der Waals surface area contributed by atoms with Crippen LogP contribution in [-0.2, 0) is 35.3 Å². The molecule has 6 rings (SSSR count). The number of fused-ring (bicyclic) bond motifs is 7. The van der Waals surface area contributed by atoms with Crippen molar-refractivity contribution in [1.29, 1.82) is 0 Å². The maximum atomic E-state index is 14.8. The molecule has 1 amide bonds. The van der Waals surface area contributed by atoms with Crippen molar-refractivity contribution in [3.63, 3.8) is 0 Å². The van der Waals surface area contributed by atoms with Gasteiger partial charge in [0.1, 0.15) is 12.0 Å². The highest BCUT2D eigenvalue weighted by Gasteiger charge is 2.70. The van der Waals surface area contributed by atoms with E-state index >= 15 is 0 Å². The summed E-state index contributed by atoms with van der Waals surface area (Å²) < 4.78 is 10.9. The molecule has 9 atom stereocenters. The second kappa shape index (κ2) is 12.0. The summed E-state index contributed by atoms with van der Waals surface area (Å²) in [6.07, 6.45) is 10.2. The van der Waals surface area contributed by atoms with Crippen molar-refractivity contribution in [3.05, 3.63) is 47.5 Å². The van der Waals surface area contributed by atoms with Crippen LogP contribution in [0.15, 0.2) is 42.0 Å². The quantitative estimate of drug-likeness (QED) is 0.238. The zero-order valence-electron chi connectivity index (χ0n) is 32.3. The molecule has 7 heteroatoms. The summed E-state index contributed by atoms with van der Waals surface area (Å²) in [6, 6.07) is 9.76. The van der Waals surface area contributed by atoms with Gasteiger partial charge in [0, 0.05) is 12.0 Å². The van der Waals surface area contributed by atoms with Gasteiger partial charge >= 0.3 is 11.9 Å². The smallest absolute Gasteiger partial charge is 0.320 e. The highest BCUT2D eigenvalue weighted by molar-refractivity contribution is 6.02. The Kier molecular flexibility index (Phi) is 8.87. The Morgan fingerprint density at radius 1 is 0.880 bits per heavy atom. The Hall–Kier alpha value is -2.96. The van der Waals surface area contributed by atoms with Crippen LogP contribution in [-0.4, -0.2) is 36.8 Å². The summed E-state index contributed by atoms with van der Waals surface area (Å²) in [5.74, 6) is -0.484. The molecule has 1 aromatic carbocycles. The molecule has 0 aromatic heterocycles. The molecular formula is C43H61NO6. The van der Waals surface area contributed by atoms with Crippen LogP contribution in [0.25, 0.3) is 0 Å². The van der Waals surface area contributed by atoms with E-state index in [2.05, 4.69) is 59.9 Å². The van der Waals surface area contributed by atoms with Gasteiger partial charge in [-0.25, -0.2) is 0 Å². The normalized spacial score (nSPS) is 40.5. The summed E-state index contributed by atoms with van der Waals surface area (Å²) in [5, 5.41) is 3.26.